The van der Waals surface area contributed by atoms with Crippen LogP contribution >= 0.6 is 0 Å². The number of rotatable bonds is 3. The van der Waals surface area contributed by atoms with E-state index in [2.05, 4.69) is 0 Å². The lowest BCUT2D eigenvalue weighted by atomic mass is 10.0. The van der Waals surface area contributed by atoms with Crippen LogP contribution in [0.1, 0.15) is 17.2 Å². The number of methoxy groups -OCH3 is 1. The Morgan fingerprint density at radius 2 is 2.23 bits per heavy atom. The number of alkyl halides is 1. The van der Waals surface area contributed by atoms with E-state index in [-0.39, 0.29) is 0 Å². The van der Waals surface area contributed by atoms with Gasteiger partial charge < -0.3 is 10.5 Å². The van der Waals surface area contributed by atoms with Gasteiger partial charge in [0.2, 0.25) is 0 Å². The number of ether oxygens (including phenoxy) is 1. The van der Waals surface area contributed by atoms with Crippen molar-refractivity contribution in [2.45, 2.75) is 13.0 Å². The van der Waals surface area contributed by atoms with Crippen LogP contribution in [0.4, 0.5) is 4.39 Å². The smallest absolute Gasteiger partial charge is 0.119 e. The molecule has 2 N–H and O–H groups in total. The molecular weight excluding hydrogens is 169 g/mol. The van der Waals surface area contributed by atoms with Gasteiger partial charge in [0.25, 0.3) is 0 Å². The van der Waals surface area contributed by atoms with E-state index in [1.165, 1.54) is 0 Å². The van der Waals surface area contributed by atoms with Crippen LogP contribution in [0.25, 0.3) is 0 Å². The van der Waals surface area contributed by atoms with Gasteiger partial charge in [0.1, 0.15) is 12.4 Å². The maximum absolute atomic E-state index is 12.3. The average molecular weight is 183 g/mol. The van der Waals surface area contributed by atoms with Crippen molar-refractivity contribution < 1.29 is 9.13 Å². The summed E-state index contributed by atoms with van der Waals surface area (Å²) in [6.07, 6.45) is 0. The minimum atomic E-state index is -0.535. The Kier molecular flexibility index (Phi) is 3.25. The summed E-state index contributed by atoms with van der Waals surface area (Å²) in [5.74, 6) is 0.771. The normalized spacial score (nSPS) is 12.6. The summed E-state index contributed by atoms with van der Waals surface area (Å²) >= 11 is 0. The largest absolute Gasteiger partial charge is 0.497 e. The molecule has 0 aromatic heterocycles. The van der Waals surface area contributed by atoms with Crippen molar-refractivity contribution in [1.29, 1.82) is 0 Å². The van der Waals surface area contributed by atoms with Crippen LogP contribution < -0.4 is 10.5 Å². The molecule has 0 aliphatic carbocycles. The van der Waals surface area contributed by atoms with Gasteiger partial charge in [-0.05, 0) is 30.2 Å². The number of halogens is 1. The van der Waals surface area contributed by atoms with Crippen LogP contribution in [-0.2, 0) is 0 Å². The average Bonchev–Trinajstić information content (AvgIpc) is 2.16. The maximum Gasteiger partial charge on any atom is 0.119 e. The Morgan fingerprint density at radius 1 is 1.54 bits per heavy atom. The van der Waals surface area contributed by atoms with E-state index in [1.54, 1.807) is 19.2 Å². The molecule has 1 rings (SSSR count). The van der Waals surface area contributed by atoms with Crippen LogP contribution in [0.2, 0.25) is 0 Å². The maximum atomic E-state index is 12.3. The molecule has 0 heterocycles. The Bertz CT molecular complexity index is 288. The second-order valence-electron chi connectivity index (χ2n) is 2.98. The third-order valence-corrected chi connectivity index (χ3v) is 2.04. The second kappa shape index (κ2) is 4.23. The highest BCUT2D eigenvalue weighted by molar-refractivity contribution is 5.36. The molecule has 0 radical (unpaired) electrons. The van der Waals surface area contributed by atoms with Crippen molar-refractivity contribution in [3.8, 4) is 5.75 Å². The zero-order valence-electron chi connectivity index (χ0n) is 7.88. The molecule has 0 aliphatic rings. The van der Waals surface area contributed by atoms with E-state index in [9.17, 15) is 4.39 Å². The first-order chi connectivity index (χ1) is 6.19. The fourth-order valence-corrected chi connectivity index (χ4v) is 1.27. The van der Waals surface area contributed by atoms with Crippen LogP contribution in [0.3, 0.4) is 0 Å². The molecule has 0 aliphatic heterocycles. The summed E-state index contributed by atoms with van der Waals surface area (Å²) < 4.78 is 17.3. The van der Waals surface area contributed by atoms with E-state index in [1.807, 2.05) is 13.0 Å². The standard InChI is InChI=1S/C10H14FNO/c1-7-5-8(13-2)3-4-9(7)10(12)6-11/h3-5,10H,6,12H2,1-2H3/t10-/m1/s1. The first-order valence-corrected chi connectivity index (χ1v) is 4.15. The third-order valence-electron chi connectivity index (χ3n) is 2.04. The van der Waals surface area contributed by atoms with Gasteiger partial charge in [0.05, 0.1) is 13.2 Å². The molecule has 1 atom stereocenters. The van der Waals surface area contributed by atoms with Crippen molar-refractivity contribution in [3.05, 3.63) is 29.3 Å². The van der Waals surface area contributed by atoms with Gasteiger partial charge in [-0.1, -0.05) is 6.07 Å². The van der Waals surface area contributed by atoms with Crippen molar-refractivity contribution in [2.75, 3.05) is 13.8 Å². The van der Waals surface area contributed by atoms with Gasteiger partial charge >= 0.3 is 0 Å². The Balaban J connectivity index is 2.98. The fraction of sp³-hybridized carbons (Fsp3) is 0.400. The predicted octanol–water partition coefficient (Wildman–Crippen LogP) is 1.97. The number of benzene rings is 1. The molecule has 0 spiro atoms. The summed E-state index contributed by atoms with van der Waals surface area (Å²) in [5.41, 5.74) is 7.37. The van der Waals surface area contributed by atoms with Gasteiger partial charge in [0.15, 0.2) is 0 Å². The molecule has 1 aromatic rings. The highest BCUT2D eigenvalue weighted by atomic mass is 19.1. The highest BCUT2D eigenvalue weighted by Crippen LogP contribution is 2.21. The molecule has 13 heavy (non-hydrogen) atoms. The van der Waals surface area contributed by atoms with Crippen molar-refractivity contribution >= 4 is 0 Å². The van der Waals surface area contributed by atoms with E-state index in [0.717, 1.165) is 16.9 Å². The van der Waals surface area contributed by atoms with Crippen LogP contribution in [0, 0.1) is 6.92 Å². The SMILES string of the molecule is COc1ccc([C@H](N)CF)c(C)c1. The van der Waals surface area contributed by atoms with E-state index < -0.39 is 12.7 Å². The van der Waals surface area contributed by atoms with Crippen LogP contribution in [0.5, 0.6) is 5.75 Å². The second-order valence-corrected chi connectivity index (χ2v) is 2.98. The first kappa shape index (κ1) is 9.99. The van der Waals surface area contributed by atoms with E-state index in [4.69, 9.17) is 10.5 Å². The lowest BCUT2D eigenvalue weighted by Crippen LogP contribution is -2.13. The van der Waals surface area contributed by atoms with Crippen molar-refractivity contribution in [1.82, 2.24) is 0 Å². The van der Waals surface area contributed by atoms with Crippen molar-refractivity contribution in [3.63, 3.8) is 0 Å². The Morgan fingerprint density at radius 3 is 2.69 bits per heavy atom. The fourth-order valence-electron chi connectivity index (χ4n) is 1.27. The summed E-state index contributed by atoms with van der Waals surface area (Å²) in [4.78, 5) is 0. The number of nitrogens with two attached hydrogens (primary N) is 1. The molecular formula is C10H14FNO. The minimum absolute atomic E-state index is 0.522. The van der Waals surface area contributed by atoms with Crippen LogP contribution in [0.15, 0.2) is 18.2 Å². The molecule has 2 nitrogen and oxygen atoms in total. The molecule has 0 saturated heterocycles. The zero-order valence-corrected chi connectivity index (χ0v) is 7.88. The van der Waals surface area contributed by atoms with Crippen LogP contribution in [-0.4, -0.2) is 13.8 Å². The molecule has 3 heteroatoms. The first-order valence-electron chi connectivity index (χ1n) is 4.15. The number of hydrogen-bond donors (Lipinski definition) is 1. The molecule has 1 aromatic carbocycles. The van der Waals surface area contributed by atoms with Gasteiger partial charge in [-0.25, -0.2) is 4.39 Å². The van der Waals surface area contributed by atoms with E-state index in [0.29, 0.717) is 0 Å². The van der Waals surface area contributed by atoms with Gasteiger partial charge in [-0.15, -0.1) is 0 Å². The topological polar surface area (TPSA) is 35.2 Å². The number of hydrogen-bond acceptors (Lipinski definition) is 2. The van der Waals surface area contributed by atoms with Gasteiger partial charge in [0, 0.05) is 0 Å². The predicted molar refractivity (Wildman–Crippen MR) is 50.6 cm³/mol. The molecule has 0 bridgehead atoms. The lowest BCUT2D eigenvalue weighted by molar-refractivity contribution is 0.412. The number of aryl methyl sites for hydroxylation is 1. The Hall–Kier alpha value is -1.09. The molecule has 0 unspecified atom stereocenters. The van der Waals surface area contributed by atoms with Gasteiger partial charge in [-0.2, -0.15) is 0 Å². The zero-order chi connectivity index (χ0) is 9.84. The molecule has 0 fully saturated rings. The summed E-state index contributed by atoms with van der Waals surface area (Å²) in [6.45, 7) is 1.36. The quantitative estimate of drug-likeness (QED) is 0.777. The lowest BCUT2D eigenvalue weighted by Gasteiger charge is -2.11. The third kappa shape index (κ3) is 2.18. The monoisotopic (exact) mass is 183 g/mol. The molecule has 0 amide bonds. The summed E-state index contributed by atoms with van der Waals surface area (Å²) in [5, 5.41) is 0. The molecule has 0 saturated carbocycles. The molecule has 72 valence electrons. The minimum Gasteiger partial charge on any atom is -0.497 e. The Labute approximate surface area is 77.5 Å². The summed E-state index contributed by atoms with van der Waals surface area (Å²) in [6, 6.07) is 4.92. The summed E-state index contributed by atoms with van der Waals surface area (Å²) in [7, 11) is 1.60. The van der Waals surface area contributed by atoms with Gasteiger partial charge in [-0.3, -0.25) is 0 Å². The highest BCUT2D eigenvalue weighted by Gasteiger charge is 2.08. The van der Waals surface area contributed by atoms with Crippen molar-refractivity contribution in [2.24, 2.45) is 5.73 Å². The van der Waals surface area contributed by atoms with E-state index >= 15 is 0 Å².